The molecule has 2 rings (SSSR count). The minimum atomic E-state index is -2.23. The first kappa shape index (κ1) is 18.9. The van der Waals surface area contributed by atoms with Gasteiger partial charge in [-0.3, -0.25) is 4.21 Å². The zero-order valence-corrected chi connectivity index (χ0v) is 13.5. The number of phenolic OH excluding ortho intramolecular Hbond substituents is 1. The Morgan fingerprint density at radius 1 is 0.950 bits per heavy atom. The normalized spacial score (nSPS) is 11.4. The zero-order valence-electron chi connectivity index (χ0n) is 11.7. The van der Waals surface area contributed by atoms with E-state index in [1.807, 2.05) is 0 Å². The maximum absolute atomic E-state index is 10.6. The van der Waals surface area contributed by atoms with Crippen molar-refractivity contribution in [3.8, 4) is 5.75 Å². The van der Waals surface area contributed by atoms with E-state index in [-0.39, 0.29) is 47.1 Å². The van der Waals surface area contributed by atoms with Gasteiger partial charge in [0.05, 0.1) is 11.4 Å². The number of hydrogen-bond donors (Lipinski definition) is 1. The van der Waals surface area contributed by atoms with E-state index >= 15 is 0 Å². The topological polar surface area (TPSA) is 117 Å². The number of phenols is 1. The summed E-state index contributed by atoms with van der Waals surface area (Å²) in [6, 6.07) is 12.3. The van der Waals surface area contributed by atoms with E-state index in [0.717, 1.165) is 0 Å². The Labute approximate surface area is 141 Å². The Morgan fingerprint density at radius 3 is 1.75 bits per heavy atom. The minimum absolute atomic E-state index is 0. The molecule has 0 saturated carbocycles. The van der Waals surface area contributed by atoms with Crippen LogP contribution >= 0.6 is 0 Å². The molecule has 0 bridgehead atoms. The van der Waals surface area contributed by atoms with Crippen molar-refractivity contribution in [1.29, 1.82) is 0 Å². The van der Waals surface area contributed by atoms with Gasteiger partial charge in [0.25, 0.3) is 0 Å². The van der Waals surface area contributed by atoms with E-state index in [2.05, 4.69) is 10.2 Å². The molecule has 0 fully saturated rings. The number of benzene rings is 2. The van der Waals surface area contributed by atoms with Crippen molar-refractivity contribution in [2.24, 2.45) is 10.2 Å². The van der Waals surface area contributed by atoms with Gasteiger partial charge in [0.15, 0.2) is 0 Å². The van der Waals surface area contributed by atoms with Gasteiger partial charge in [-0.05, 0) is 59.6 Å². The van der Waals surface area contributed by atoms with Crippen molar-refractivity contribution < 1.29 is 50.3 Å². The van der Waals surface area contributed by atoms with E-state index in [9.17, 15) is 8.76 Å². The zero-order chi connectivity index (χ0) is 13.0. The van der Waals surface area contributed by atoms with Gasteiger partial charge in [-0.1, -0.05) is 0 Å². The molecule has 8 heteroatoms. The van der Waals surface area contributed by atoms with Gasteiger partial charge < -0.3 is 16.6 Å². The molecule has 0 saturated heterocycles. The summed E-state index contributed by atoms with van der Waals surface area (Å²) in [5, 5.41) is 17.0. The van der Waals surface area contributed by atoms with Gasteiger partial charge in [-0.25, -0.2) is 0 Å². The SMILES string of the molecule is O.O=S([O-])c1ccc(N=Nc2ccc(O)cc2)cc1.[H-].[Na+]. The molecule has 0 aliphatic heterocycles. The maximum atomic E-state index is 10.6. The number of rotatable bonds is 3. The van der Waals surface area contributed by atoms with Gasteiger partial charge in [0.1, 0.15) is 5.75 Å². The Hall–Kier alpha value is -1.09. The molecule has 0 heterocycles. The molecule has 2 aromatic carbocycles. The Bertz CT molecular complexity index is 593. The van der Waals surface area contributed by atoms with Crippen LogP contribution in [0.1, 0.15) is 1.43 Å². The van der Waals surface area contributed by atoms with Crippen LogP contribution in [0.5, 0.6) is 5.75 Å². The van der Waals surface area contributed by atoms with E-state index in [1.165, 1.54) is 24.3 Å². The molecule has 20 heavy (non-hydrogen) atoms. The van der Waals surface area contributed by atoms with Crippen molar-refractivity contribution >= 4 is 22.5 Å². The monoisotopic (exact) mass is 303 g/mol. The molecular formula is C12H12N2NaO4S-. The molecule has 0 amide bonds. The Morgan fingerprint density at radius 2 is 1.35 bits per heavy atom. The summed E-state index contributed by atoms with van der Waals surface area (Å²) < 4.78 is 21.3. The fourth-order valence-corrected chi connectivity index (χ4v) is 1.62. The molecule has 1 atom stereocenters. The van der Waals surface area contributed by atoms with Crippen LogP contribution in [0.15, 0.2) is 63.7 Å². The largest absolute Gasteiger partial charge is 1.00 e. The van der Waals surface area contributed by atoms with E-state index in [4.69, 9.17) is 5.11 Å². The predicted molar refractivity (Wildman–Crippen MR) is 70.6 cm³/mol. The van der Waals surface area contributed by atoms with Crippen LogP contribution in [0.2, 0.25) is 0 Å². The molecule has 102 valence electrons. The number of hydrogen-bond acceptors (Lipinski definition) is 5. The van der Waals surface area contributed by atoms with Crippen LogP contribution in [0, 0.1) is 0 Å². The van der Waals surface area contributed by atoms with E-state index in [1.54, 1.807) is 24.3 Å². The second-order valence-electron chi connectivity index (χ2n) is 3.45. The van der Waals surface area contributed by atoms with Crippen LogP contribution in [0.4, 0.5) is 11.4 Å². The van der Waals surface area contributed by atoms with Crippen molar-refractivity contribution in [3.63, 3.8) is 0 Å². The van der Waals surface area contributed by atoms with Crippen LogP contribution in [0.3, 0.4) is 0 Å². The molecule has 0 aromatic heterocycles. The number of aromatic hydroxyl groups is 1. The second kappa shape index (κ2) is 8.96. The smallest absolute Gasteiger partial charge is 1.00 e. The third-order valence-electron chi connectivity index (χ3n) is 2.16. The number of nitrogens with zero attached hydrogens (tertiary/aromatic N) is 2. The summed E-state index contributed by atoms with van der Waals surface area (Å²) in [7, 11) is 0. The van der Waals surface area contributed by atoms with Gasteiger partial charge in [0, 0.05) is 4.90 Å². The summed E-state index contributed by atoms with van der Waals surface area (Å²) in [5.41, 5.74) is 1.15. The average Bonchev–Trinajstić information content (AvgIpc) is 2.38. The summed E-state index contributed by atoms with van der Waals surface area (Å²) in [4.78, 5) is 0.207. The van der Waals surface area contributed by atoms with Crippen molar-refractivity contribution in [1.82, 2.24) is 0 Å². The van der Waals surface area contributed by atoms with Crippen LogP contribution < -0.4 is 29.6 Å². The standard InChI is InChI=1S/C12H10N2O3S.Na.H2O.H/c15-11-5-1-9(2-6-11)13-14-10-3-7-12(8-4-10)18(16)17;;;/h1-8,15H,(H,16,17);;1H2;/q;+1;;-1/p-1. The van der Waals surface area contributed by atoms with E-state index in [0.29, 0.717) is 11.4 Å². The summed E-state index contributed by atoms with van der Waals surface area (Å²) in [5.74, 6) is 0.163. The minimum Gasteiger partial charge on any atom is -1.00 e. The quantitative estimate of drug-likeness (QED) is 0.460. The number of azo groups is 1. The predicted octanol–water partition coefficient (Wildman–Crippen LogP) is -0.663. The molecule has 2 aromatic rings. The first-order valence-electron chi connectivity index (χ1n) is 5.05. The molecule has 6 nitrogen and oxygen atoms in total. The van der Waals surface area contributed by atoms with Crippen molar-refractivity contribution in [2.45, 2.75) is 4.90 Å². The molecule has 0 radical (unpaired) electrons. The van der Waals surface area contributed by atoms with Crippen LogP contribution in [-0.4, -0.2) is 19.3 Å². The third-order valence-corrected chi connectivity index (χ3v) is 2.82. The van der Waals surface area contributed by atoms with Crippen LogP contribution in [-0.2, 0) is 11.1 Å². The first-order chi connectivity index (χ1) is 8.65. The van der Waals surface area contributed by atoms with Gasteiger partial charge in [-0.15, -0.1) is 0 Å². The average molecular weight is 303 g/mol. The molecular weight excluding hydrogens is 291 g/mol. The van der Waals surface area contributed by atoms with Crippen molar-refractivity contribution in [3.05, 3.63) is 48.5 Å². The molecule has 0 aliphatic rings. The van der Waals surface area contributed by atoms with Crippen molar-refractivity contribution in [2.75, 3.05) is 0 Å². The molecule has 0 aliphatic carbocycles. The maximum Gasteiger partial charge on any atom is 1.00 e. The molecule has 3 N–H and O–H groups in total. The fraction of sp³-hybridized carbons (Fsp3) is 0. The summed E-state index contributed by atoms with van der Waals surface area (Å²) in [6.45, 7) is 0. The van der Waals surface area contributed by atoms with E-state index < -0.39 is 11.1 Å². The summed E-state index contributed by atoms with van der Waals surface area (Å²) in [6.07, 6.45) is 0. The molecule has 1 unspecified atom stereocenters. The first-order valence-corrected chi connectivity index (χ1v) is 6.13. The Balaban J connectivity index is 0. The second-order valence-corrected chi connectivity index (χ2v) is 4.39. The molecule has 0 spiro atoms. The van der Waals surface area contributed by atoms with Crippen LogP contribution in [0.25, 0.3) is 0 Å². The van der Waals surface area contributed by atoms with Gasteiger partial charge >= 0.3 is 29.6 Å². The third kappa shape index (κ3) is 5.49. The Kier molecular flexibility index (Phi) is 8.47. The van der Waals surface area contributed by atoms with Gasteiger partial charge in [-0.2, -0.15) is 10.2 Å². The summed E-state index contributed by atoms with van der Waals surface area (Å²) >= 11 is -2.23. The van der Waals surface area contributed by atoms with Gasteiger partial charge in [0.2, 0.25) is 0 Å². The fourth-order valence-electron chi connectivity index (χ4n) is 1.26.